The van der Waals surface area contributed by atoms with E-state index in [9.17, 15) is 4.79 Å². The zero-order valence-corrected chi connectivity index (χ0v) is 19.7. The molecule has 0 fully saturated rings. The van der Waals surface area contributed by atoms with Crippen LogP contribution in [0.5, 0.6) is 5.75 Å². The number of carbonyl (C=O) groups excluding carboxylic acids is 1. The molecule has 4 rings (SSSR count). The van der Waals surface area contributed by atoms with Crippen molar-refractivity contribution in [3.05, 3.63) is 58.8 Å². The number of pyridine rings is 1. The lowest BCUT2D eigenvalue weighted by Gasteiger charge is -2.29. The van der Waals surface area contributed by atoms with E-state index in [0.717, 1.165) is 64.0 Å². The minimum atomic E-state index is -0.890. The second kappa shape index (κ2) is 8.55. The first-order valence-corrected chi connectivity index (χ1v) is 11.1. The van der Waals surface area contributed by atoms with Crippen molar-refractivity contribution in [2.45, 2.75) is 59.2 Å². The van der Waals surface area contributed by atoms with Gasteiger partial charge in [-0.25, -0.2) is 4.79 Å². The zero-order valence-electron chi connectivity index (χ0n) is 19.7. The number of benzene rings is 2. The van der Waals surface area contributed by atoms with Gasteiger partial charge in [0, 0.05) is 16.6 Å². The highest BCUT2D eigenvalue weighted by molar-refractivity contribution is 5.99. The summed E-state index contributed by atoms with van der Waals surface area (Å²) in [6.45, 7) is 10.6. The van der Waals surface area contributed by atoms with E-state index in [-0.39, 0.29) is 0 Å². The highest BCUT2D eigenvalue weighted by atomic mass is 16.6. The van der Waals surface area contributed by atoms with E-state index < -0.39 is 17.7 Å². The molecule has 0 amide bonds. The smallest absolute Gasteiger partial charge is 0.339 e. The molecule has 0 saturated heterocycles. The summed E-state index contributed by atoms with van der Waals surface area (Å²) >= 11 is 0. The predicted octanol–water partition coefficient (Wildman–Crippen LogP) is 5.87. The number of aryl methyl sites for hydroxylation is 3. The summed E-state index contributed by atoms with van der Waals surface area (Å²) in [4.78, 5) is 17.8. The van der Waals surface area contributed by atoms with Crippen LogP contribution in [0.15, 0.2) is 36.4 Å². The number of methoxy groups -OCH3 is 1. The first-order chi connectivity index (χ1) is 15.2. The van der Waals surface area contributed by atoms with Gasteiger partial charge in [0.2, 0.25) is 0 Å². The molecule has 32 heavy (non-hydrogen) atoms. The SMILES string of the molecule is COC(=O)[C@@H](OC(C)(C)C)c1c(C)nc2ccccc2c1-c1cc2c(cc1C)OCCC2. The van der Waals surface area contributed by atoms with Gasteiger partial charge in [0.25, 0.3) is 0 Å². The van der Waals surface area contributed by atoms with Crippen LogP contribution in [0.3, 0.4) is 0 Å². The molecule has 2 heterocycles. The fraction of sp³-hybridized carbons (Fsp3) is 0.407. The second-order valence-electron chi connectivity index (χ2n) is 9.36. The van der Waals surface area contributed by atoms with E-state index in [1.54, 1.807) is 0 Å². The van der Waals surface area contributed by atoms with E-state index in [1.807, 2.05) is 45.9 Å². The average Bonchev–Trinajstić information content (AvgIpc) is 2.75. The van der Waals surface area contributed by atoms with Crippen molar-refractivity contribution in [1.29, 1.82) is 0 Å². The lowest BCUT2D eigenvalue weighted by atomic mass is 9.87. The fourth-order valence-electron chi connectivity index (χ4n) is 4.42. The molecule has 5 heteroatoms. The Morgan fingerprint density at radius 2 is 1.91 bits per heavy atom. The van der Waals surface area contributed by atoms with Gasteiger partial charge < -0.3 is 14.2 Å². The van der Waals surface area contributed by atoms with Crippen LogP contribution in [0.4, 0.5) is 0 Å². The van der Waals surface area contributed by atoms with Gasteiger partial charge in [0.1, 0.15) is 5.75 Å². The monoisotopic (exact) mass is 433 g/mol. The number of aromatic nitrogens is 1. The predicted molar refractivity (Wildman–Crippen MR) is 126 cm³/mol. The van der Waals surface area contributed by atoms with Gasteiger partial charge in [0.15, 0.2) is 6.10 Å². The van der Waals surface area contributed by atoms with Crippen LogP contribution in [0, 0.1) is 13.8 Å². The Bertz CT molecular complexity index is 1180. The number of ether oxygens (including phenoxy) is 3. The first-order valence-electron chi connectivity index (χ1n) is 11.1. The Kier molecular flexibility index (Phi) is 5.95. The molecule has 1 atom stereocenters. The number of rotatable bonds is 4. The summed E-state index contributed by atoms with van der Waals surface area (Å²) in [5, 5.41) is 0.985. The molecule has 5 nitrogen and oxygen atoms in total. The van der Waals surface area contributed by atoms with Crippen molar-refractivity contribution >= 4 is 16.9 Å². The molecular formula is C27H31NO4. The standard InChI is InChI=1S/C27H31NO4/c1-16-14-22-18(10-9-13-31-22)15-20(16)24-19-11-7-8-12-21(19)28-17(2)23(24)25(26(29)30-6)32-27(3,4)5/h7-8,11-12,14-15,25H,9-10,13H2,1-6H3/t25-/m0/s1. The third-order valence-corrected chi connectivity index (χ3v) is 5.79. The van der Waals surface area contributed by atoms with Crippen LogP contribution in [0.25, 0.3) is 22.0 Å². The fourth-order valence-corrected chi connectivity index (χ4v) is 4.42. The summed E-state index contributed by atoms with van der Waals surface area (Å²) < 4.78 is 17.4. The van der Waals surface area contributed by atoms with E-state index in [1.165, 1.54) is 12.7 Å². The Morgan fingerprint density at radius 1 is 1.16 bits per heavy atom. The second-order valence-corrected chi connectivity index (χ2v) is 9.36. The molecule has 168 valence electrons. The lowest BCUT2D eigenvalue weighted by Crippen LogP contribution is -2.29. The molecule has 1 aliphatic rings. The van der Waals surface area contributed by atoms with Crippen molar-refractivity contribution < 1.29 is 19.0 Å². The van der Waals surface area contributed by atoms with Crippen LogP contribution in [-0.2, 0) is 20.7 Å². The van der Waals surface area contributed by atoms with Crippen molar-refractivity contribution in [2.75, 3.05) is 13.7 Å². The Morgan fingerprint density at radius 3 is 2.62 bits per heavy atom. The maximum Gasteiger partial charge on any atom is 0.339 e. The summed E-state index contributed by atoms with van der Waals surface area (Å²) in [5.74, 6) is 0.518. The molecule has 0 unspecified atom stereocenters. The Labute approximate surface area is 189 Å². The molecule has 1 aromatic heterocycles. The maximum atomic E-state index is 13.0. The van der Waals surface area contributed by atoms with Crippen LogP contribution in [0.2, 0.25) is 0 Å². The first kappa shape index (κ1) is 22.3. The minimum Gasteiger partial charge on any atom is -0.493 e. The summed E-state index contributed by atoms with van der Waals surface area (Å²) in [6.07, 6.45) is 1.08. The number of carbonyl (C=O) groups is 1. The van der Waals surface area contributed by atoms with E-state index in [0.29, 0.717) is 0 Å². The molecule has 0 saturated carbocycles. The topological polar surface area (TPSA) is 57.7 Å². The lowest BCUT2D eigenvalue weighted by molar-refractivity contribution is -0.164. The largest absolute Gasteiger partial charge is 0.493 e. The quantitative estimate of drug-likeness (QED) is 0.482. The molecule has 0 aliphatic carbocycles. The molecule has 0 spiro atoms. The van der Waals surface area contributed by atoms with Crippen molar-refractivity contribution in [1.82, 2.24) is 4.98 Å². The minimum absolute atomic E-state index is 0.430. The van der Waals surface area contributed by atoms with E-state index in [2.05, 4.69) is 25.1 Å². The van der Waals surface area contributed by atoms with Crippen molar-refractivity contribution in [3.63, 3.8) is 0 Å². The van der Waals surface area contributed by atoms with Crippen LogP contribution < -0.4 is 4.74 Å². The summed E-state index contributed by atoms with van der Waals surface area (Å²) in [6, 6.07) is 12.4. The highest BCUT2D eigenvalue weighted by Crippen LogP contribution is 2.42. The third kappa shape index (κ3) is 4.22. The van der Waals surface area contributed by atoms with Crippen LogP contribution in [-0.4, -0.2) is 30.3 Å². The molecule has 0 radical (unpaired) electrons. The number of fused-ring (bicyclic) bond motifs is 2. The molecule has 3 aromatic rings. The Hall–Kier alpha value is -2.92. The molecular weight excluding hydrogens is 402 g/mol. The average molecular weight is 434 g/mol. The number of hydrogen-bond donors (Lipinski definition) is 0. The molecule has 1 aliphatic heterocycles. The van der Waals surface area contributed by atoms with Crippen molar-refractivity contribution in [2.24, 2.45) is 0 Å². The van der Waals surface area contributed by atoms with E-state index in [4.69, 9.17) is 19.2 Å². The number of esters is 1. The van der Waals surface area contributed by atoms with Gasteiger partial charge in [-0.3, -0.25) is 4.98 Å². The van der Waals surface area contributed by atoms with Gasteiger partial charge in [-0.05, 0) is 87.9 Å². The number of hydrogen-bond acceptors (Lipinski definition) is 5. The number of para-hydroxylation sites is 1. The van der Waals surface area contributed by atoms with Crippen molar-refractivity contribution in [3.8, 4) is 16.9 Å². The summed E-state index contributed by atoms with van der Waals surface area (Å²) in [5.41, 5.74) is 6.16. The highest BCUT2D eigenvalue weighted by Gasteiger charge is 2.33. The van der Waals surface area contributed by atoms with Gasteiger partial charge in [0.05, 0.1) is 24.8 Å². The van der Waals surface area contributed by atoms with Crippen LogP contribution >= 0.6 is 0 Å². The molecule has 2 aromatic carbocycles. The van der Waals surface area contributed by atoms with Gasteiger partial charge in [-0.2, -0.15) is 0 Å². The number of nitrogens with zero attached hydrogens (tertiary/aromatic N) is 1. The molecule has 0 N–H and O–H groups in total. The Balaban J connectivity index is 2.06. The third-order valence-electron chi connectivity index (χ3n) is 5.79. The van der Waals surface area contributed by atoms with Gasteiger partial charge in [-0.15, -0.1) is 0 Å². The zero-order chi connectivity index (χ0) is 23.0. The van der Waals surface area contributed by atoms with Gasteiger partial charge >= 0.3 is 5.97 Å². The maximum absolute atomic E-state index is 13.0. The van der Waals surface area contributed by atoms with Crippen LogP contribution in [0.1, 0.15) is 55.7 Å². The molecule has 0 bridgehead atoms. The van der Waals surface area contributed by atoms with Gasteiger partial charge in [-0.1, -0.05) is 18.2 Å². The summed E-state index contributed by atoms with van der Waals surface area (Å²) in [7, 11) is 1.40. The van der Waals surface area contributed by atoms with E-state index >= 15 is 0 Å². The normalized spacial score (nSPS) is 14.6.